The molecule has 4 unspecified atom stereocenters. The number of rotatable bonds is 20. The van der Waals surface area contributed by atoms with E-state index in [0.29, 0.717) is 13.1 Å². The van der Waals surface area contributed by atoms with Crippen molar-refractivity contribution in [1.29, 1.82) is 0 Å². The summed E-state index contributed by atoms with van der Waals surface area (Å²) in [5, 5.41) is 5.67. The molecule has 0 aromatic heterocycles. The molecule has 2 N–H and O–H groups in total. The maximum Gasteiger partial charge on any atom is 0.409 e. The molecule has 0 saturated heterocycles. The summed E-state index contributed by atoms with van der Waals surface area (Å²) in [6, 6.07) is 1.98. The Hall–Kier alpha value is -0.246. The maximum absolute atomic E-state index is 12.3. The third-order valence-electron chi connectivity index (χ3n) is 5.58. The number of hydrogen-bond donors (Lipinski definition) is 2. The molecule has 8 nitrogen and oxygen atoms in total. The second-order valence-electron chi connectivity index (χ2n) is 9.93. The van der Waals surface area contributed by atoms with Gasteiger partial charge < -0.3 is 28.7 Å². The Morgan fingerprint density at radius 1 is 0.829 bits per heavy atom. The third-order valence-corrected chi connectivity index (χ3v) is 13.0. The number of carbonyl (C=O) groups is 2. The topological polar surface area (TPSA) is 95.1 Å². The predicted molar refractivity (Wildman–Crippen MR) is 156 cm³/mol. The third kappa shape index (κ3) is 19.5. The Kier molecular flexibility index (Phi) is 19.7. The molecule has 4 atom stereocenters. The molecule has 0 radical (unpaired) electrons. The quantitative estimate of drug-likeness (QED) is 0.0993. The SMILES string of the molecule is CCCCCC(POC(=O)NCCC[Si](C)(C)OCC)C(P)OC(=O)NCCC[Si](C)(C)OCC. The van der Waals surface area contributed by atoms with Crippen molar-refractivity contribution < 1.29 is 27.7 Å². The number of carbonyl (C=O) groups excluding carboxylic acids is 2. The molecule has 0 bridgehead atoms. The van der Waals surface area contributed by atoms with E-state index in [1.807, 2.05) is 13.8 Å². The zero-order valence-electron chi connectivity index (χ0n) is 23.2. The van der Waals surface area contributed by atoms with Crippen LogP contribution >= 0.6 is 18.0 Å². The Morgan fingerprint density at radius 2 is 1.34 bits per heavy atom. The van der Waals surface area contributed by atoms with E-state index in [0.717, 1.165) is 63.8 Å². The number of ether oxygens (including phenoxy) is 1. The monoisotopic (exact) mass is 570 g/mol. The summed E-state index contributed by atoms with van der Waals surface area (Å²) in [5.41, 5.74) is -0.0448. The molecule has 0 aromatic rings. The first-order valence-electron chi connectivity index (χ1n) is 13.1. The minimum Gasteiger partial charge on any atom is -0.441 e. The van der Waals surface area contributed by atoms with Crippen LogP contribution in [0.1, 0.15) is 59.3 Å². The Morgan fingerprint density at radius 3 is 1.83 bits per heavy atom. The fraction of sp³-hybridized carbons (Fsp3) is 0.913. The van der Waals surface area contributed by atoms with Crippen LogP contribution < -0.4 is 10.6 Å². The predicted octanol–water partition coefficient (Wildman–Crippen LogP) is 6.45. The molecule has 12 heteroatoms. The Labute approximate surface area is 220 Å². The first-order valence-corrected chi connectivity index (χ1v) is 21.0. The van der Waals surface area contributed by atoms with Gasteiger partial charge in [-0.3, -0.25) is 0 Å². The van der Waals surface area contributed by atoms with E-state index in [-0.39, 0.29) is 14.5 Å². The van der Waals surface area contributed by atoms with Gasteiger partial charge in [0.15, 0.2) is 16.6 Å². The highest BCUT2D eigenvalue weighted by Crippen LogP contribution is 2.32. The molecule has 208 valence electrons. The fourth-order valence-electron chi connectivity index (χ4n) is 3.65. The highest BCUT2D eigenvalue weighted by atomic mass is 31.1. The highest BCUT2D eigenvalue weighted by Gasteiger charge is 2.25. The van der Waals surface area contributed by atoms with Crippen molar-refractivity contribution in [1.82, 2.24) is 10.6 Å². The normalized spacial score (nSPS) is 14.1. The molecule has 0 fully saturated rings. The molecule has 2 amide bonds. The number of amides is 2. The van der Waals surface area contributed by atoms with Crippen LogP contribution in [0.15, 0.2) is 0 Å². The van der Waals surface area contributed by atoms with Gasteiger partial charge in [0.2, 0.25) is 0 Å². The molecule has 0 heterocycles. The average Bonchev–Trinajstić information content (AvgIpc) is 2.76. The van der Waals surface area contributed by atoms with Crippen molar-refractivity contribution in [3.8, 4) is 0 Å². The van der Waals surface area contributed by atoms with Crippen LogP contribution in [0.25, 0.3) is 0 Å². The van der Waals surface area contributed by atoms with Gasteiger partial charge in [-0.25, -0.2) is 9.59 Å². The number of hydrogen-bond acceptors (Lipinski definition) is 6. The molecule has 0 aliphatic heterocycles. The van der Waals surface area contributed by atoms with Gasteiger partial charge in [-0.05, 0) is 71.4 Å². The van der Waals surface area contributed by atoms with E-state index in [9.17, 15) is 9.59 Å². The fourth-order valence-corrected chi connectivity index (χ4v) is 8.97. The van der Waals surface area contributed by atoms with Crippen LogP contribution in [0.5, 0.6) is 0 Å². The van der Waals surface area contributed by atoms with Crippen LogP contribution in [-0.4, -0.2) is 66.6 Å². The maximum atomic E-state index is 12.3. The number of nitrogens with one attached hydrogen (secondary N) is 2. The molecule has 0 aliphatic carbocycles. The van der Waals surface area contributed by atoms with Crippen molar-refractivity contribution in [2.45, 2.75) is 109 Å². The number of unbranched alkanes of at least 4 members (excludes halogenated alkanes) is 2. The molecular weight excluding hydrogens is 518 g/mol. The van der Waals surface area contributed by atoms with E-state index < -0.39 is 34.7 Å². The zero-order chi connectivity index (χ0) is 26.7. The van der Waals surface area contributed by atoms with Crippen LogP contribution in [0.2, 0.25) is 38.3 Å². The molecule has 0 aliphatic rings. The van der Waals surface area contributed by atoms with Crippen molar-refractivity contribution in [2.75, 3.05) is 26.3 Å². The second-order valence-corrected chi connectivity index (χ2v) is 20.4. The van der Waals surface area contributed by atoms with E-state index >= 15 is 0 Å². The second kappa shape index (κ2) is 19.8. The molecular formula is C23H52N2O6P2Si2. The van der Waals surface area contributed by atoms with Crippen molar-refractivity contribution in [3.05, 3.63) is 0 Å². The van der Waals surface area contributed by atoms with Crippen molar-refractivity contribution >= 4 is 46.9 Å². The van der Waals surface area contributed by atoms with Gasteiger partial charge in [0, 0.05) is 26.3 Å². The van der Waals surface area contributed by atoms with Crippen LogP contribution in [0.3, 0.4) is 0 Å². The highest BCUT2D eigenvalue weighted by molar-refractivity contribution is 7.35. The molecule has 0 spiro atoms. The Balaban J connectivity index is 4.44. The lowest BCUT2D eigenvalue weighted by Gasteiger charge is -2.24. The van der Waals surface area contributed by atoms with E-state index in [4.69, 9.17) is 18.1 Å². The summed E-state index contributed by atoms with van der Waals surface area (Å²) in [5.74, 6) is -0.412. The van der Waals surface area contributed by atoms with E-state index in [2.05, 4.69) is 53.0 Å². The lowest BCUT2D eigenvalue weighted by Crippen LogP contribution is -2.34. The van der Waals surface area contributed by atoms with Crippen LogP contribution in [0, 0.1) is 0 Å². The average molecular weight is 571 g/mol. The first-order chi connectivity index (χ1) is 16.5. The van der Waals surface area contributed by atoms with Crippen LogP contribution in [0.4, 0.5) is 9.59 Å². The summed E-state index contributed by atoms with van der Waals surface area (Å²) in [6.45, 7) is 17.5. The summed E-state index contributed by atoms with van der Waals surface area (Å²) in [7, 11) is -0.756. The summed E-state index contributed by atoms with van der Waals surface area (Å²) >= 11 is 0. The minimum absolute atomic E-state index is 0.0448. The van der Waals surface area contributed by atoms with Gasteiger partial charge >= 0.3 is 12.2 Å². The summed E-state index contributed by atoms with van der Waals surface area (Å²) < 4.78 is 22.7. The largest absolute Gasteiger partial charge is 0.441 e. The van der Waals surface area contributed by atoms with E-state index in [1.165, 1.54) is 0 Å². The number of alkyl carbamates (subject to hydrolysis) is 1. The van der Waals surface area contributed by atoms with Gasteiger partial charge in [0.25, 0.3) is 0 Å². The first kappa shape index (κ1) is 34.8. The van der Waals surface area contributed by atoms with Gasteiger partial charge in [0.05, 0.1) is 14.5 Å². The lowest BCUT2D eigenvalue weighted by atomic mass is 10.1. The standard InChI is InChI=1S/C23H52N2O6P2Si2/c1-8-11-12-15-20(33-31-23(27)25-17-14-19-35(6,7)29-10-3)21(32)30-22(26)24-16-13-18-34(4,5)28-9-2/h20-21,33H,8-19,32H2,1-7H3,(H,24,26)(H,25,27). The van der Waals surface area contributed by atoms with Crippen molar-refractivity contribution in [2.24, 2.45) is 0 Å². The molecule has 35 heavy (non-hydrogen) atoms. The smallest absolute Gasteiger partial charge is 0.409 e. The minimum atomic E-state index is -1.65. The van der Waals surface area contributed by atoms with Gasteiger partial charge in [0.1, 0.15) is 5.85 Å². The summed E-state index contributed by atoms with van der Waals surface area (Å²) in [4.78, 5) is 24.5. The zero-order valence-corrected chi connectivity index (χ0v) is 27.3. The summed E-state index contributed by atoms with van der Waals surface area (Å²) in [6.07, 6.45) is 4.92. The van der Waals surface area contributed by atoms with Crippen LogP contribution in [-0.2, 0) is 18.1 Å². The van der Waals surface area contributed by atoms with Gasteiger partial charge in [-0.1, -0.05) is 35.4 Å². The van der Waals surface area contributed by atoms with Crippen molar-refractivity contribution in [3.63, 3.8) is 0 Å². The van der Waals surface area contributed by atoms with Gasteiger partial charge in [-0.2, -0.15) is 0 Å². The lowest BCUT2D eigenvalue weighted by molar-refractivity contribution is 0.131. The van der Waals surface area contributed by atoms with Gasteiger partial charge in [-0.15, -0.1) is 0 Å². The molecule has 0 saturated carbocycles. The molecule has 0 aromatic carbocycles. The Bertz CT molecular complexity index is 588. The molecule has 0 rings (SSSR count). The van der Waals surface area contributed by atoms with E-state index in [1.54, 1.807) is 0 Å².